The van der Waals surface area contributed by atoms with E-state index in [0.29, 0.717) is 19.5 Å². The summed E-state index contributed by atoms with van der Waals surface area (Å²) in [7, 11) is 0. The summed E-state index contributed by atoms with van der Waals surface area (Å²) in [6, 6.07) is 0. The molecule has 9 heteroatoms. The maximum Gasteiger partial charge on any atom is 0.492 e. The summed E-state index contributed by atoms with van der Waals surface area (Å²) >= 11 is 0. The number of piperidine rings is 1. The van der Waals surface area contributed by atoms with Gasteiger partial charge >= 0.3 is 12.1 Å². The van der Waals surface area contributed by atoms with Crippen LogP contribution in [-0.4, -0.2) is 60.4 Å². The van der Waals surface area contributed by atoms with Crippen molar-refractivity contribution in [2.45, 2.75) is 31.6 Å². The maximum absolute atomic E-state index is 13.0. The molecule has 21 heavy (non-hydrogen) atoms. The Morgan fingerprint density at radius 1 is 1.05 bits per heavy atom. The van der Waals surface area contributed by atoms with Crippen molar-refractivity contribution in [3.63, 3.8) is 0 Å². The Morgan fingerprint density at radius 2 is 1.67 bits per heavy atom. The number of halogens is 4. The molecule has 2 saturated heterocycles. The lowest BCUT2D eigenvalue weighted by Crippen LogP contribution is -2.43. The number of hydrogen-bond donors (Lipinski definition) is 0. The Labute approximate surface area is 118 Å². The van der Waals surface area contributed by atoms with E-state index in [-0.39, 0.29) is 31.8 Å². The molecule has 0 aliphatic carbocycles. The van der Waals surface area contributed by atoms with E-state index in [1.165, 1.54) is 4.90 Å². The van der Waals surface area contributed by atoms with Crippen LogP contribution in [0.1, 0.15) is 19.3 Å². The van der Waals surface area contributed by atoms with Gasteiger partial charge in [-0.3, -0.25) is 4.79 Å². The fourth-order valence-electron chi connectivity index (χ4n) is 2.51. The number of rotatable bonds is 2. The van der Waals surface area contributed by atoms with E-state index in [1.54, 1.807) is 0 Å². The van der Waals surface area contributed by atoms with Crippen LogP contribution in [0.2, 0.25) is 0 Å². The first-order valence-corrected chi connectivity index (χ1v) is 6.74. The molecule has 0 bridgehead atoms. The average molecular weight is 312 g/mol. The van der Waals surface area contributed by atoms with Crippen molar-refractivity contribution in [3.8, 4) is 0 Å². The normalized spacial score (nSPS) is 25.1. The van der Waals surface area contributed by atoms with Gasteiger partial charge in [0, 0.05) is 26.2 Å². The lowest BCUT2D eigenvalue weighted by Gasteiger charge is -2.30. The Balaban J connectivity index is 1.82. The molecule has 2 fully saturated rings. The van der Waals surface area contributed by atoms with Gasteiger partial charge in [-0.05, 0) is 19.3 Å². The molecule has 0 aromatic carbocycles. The van der Waals surface area contributed by atoms with E-state index in [2.05, 4.69) is 4.84 Å². The lowest BCUT2D eigenvalue weighted by atomic mass is 10.0. The van der Waals surface area contributed by atoms with Gasteiger partial charge in [0.2, 0.25) is 5.91 Å². The minimum Gasteiger partial charge on any atom is -0.361 e. The van der Waals surface area contributed by atoms with E-state index in [4.69, 9.17) is 0 Å². The van der Waals surface area contributed by atoms with Gasteiger partial charge in [-0.15, -0.1) is 5.06 Å². The highest BCUT2D eigenvalue weighted by Crippen LogP contribution is 2.24. The quantitative estimate of drug-likeness (QED) is 0.721. The Kier molecular flexibility index (Phi) is 4.70. The Bertz CT molecular complexity index is 408. The average Bonchev–Trinajstić information content (AvgIpc) is 2.86. The molecule has 0 saturated carbocycles. The summed E-state index contributed by atoms with van der Waals surface area (Å²) in [6.07, 6.45) is -5.07. The third-order valence-electron chi connectivity index (χ3n) is 3.68. The van der Waals surface area contributed by atoms with Crippen LogP contribution in [0.15, 0.2) is 0 Å². The van der Waals surface area contributed by atoms with E-state index < -0.39 is 24.2 Å². The van der Waals surface area contributed by atoms with Gasteiger partial charge in [0.05, 0.1) is 5.92 Å². The summed E-state index contributed by atoms with van der Waals surface area (Å²) in [5, 5.41) is 0.861. The van der Waals surface area contributed by atoms with Gasteiger partial charge in [0.25, 0.3) is 0 Å². The third kappa shape index (κ3) is 4.05. The molecule has 1 atom stereocenters. The van der Waals surface area contributed by atoms with Crippen LogP contribution in [0, 0.1) is 5.92 Å². The molecule has 1 amide bonds. The molecule has 5 nitrogen and oxygen atoms in total. The van der Waals surface area contributed by atoms with Crippen molar-refractivity contribution in [2.75, 3.05) is 26.2 Å². The summed E-state index contributed by atoms with van der Waals surface area (Å²) in [5.41, 5.74) is 0. The molecular formula is C12H16F4N2O3. The minimum atomic E-state index is -5.05. The van der Waals surface area contributed by atoms with Gasteiger partial charge in [-0.1, -0.05) is 0 Å². The highest BCUT2D eigenvalue weighted by Gasteiger charge is 2.44. The molecule has 2 aliphatic rings. The SMILES string of the molecule is O=C([C@H]1CCN(OC(=O)C(F)(F)F)C1)N1CCC(F)CC1. The topological polar surface area (TPSA) is 49.9 Å². The first-order chi connectivity index (χ1) is 9.77. The number of hydrogen-bond acceptors (Lipinski definition) is 4. The van der Waals surface area contributed by atoms with Crippen molar-refractivity contribution in [1.29, 1.82) is 0 Å². The smallest absolute Gasteiger partial charge is 0.361 e. The van der Waals surface area contributed by atoms with Gasteiger partial charge in [-0.2, -0.15) is 13.2 Å². The standard InChI is InChI=1S/C12H16F4N2O3/c13-9-2-4-17(5-3-9)10(19)8-1-6-18(7-8)21-11(20)12(14,15)16/h8-9H,1-7H2/t8-/m0/s1. The van der Waals surface area contributed by atoms with Gasteiger partial charge < -0.3 is 9.74 Å². The first-order valence-electron chi connectivity index (χ1n) is 6.74. The molecule has 0 spiro atoms. The van der Waals surface area contributed by atoms with Crippen molar-refractivity contribution in [2.24, 2.45) is 5.92 Å². The zero-order valence-electron chi connectivity index (χ0n) is 11.2. The first kappa shape index (κ1) is 16.0. The van der Waals surface area contributed by atoms with E-state index in [1.807, 2.05) is 0 Å². The maximum atomic E-state index is 13.0. The van der Waals surface area contributed by atoms with E-state index >= 15 is 0 Å². The molecule has 0 unspecified atom stereocenters. The van der Waals surface area contributed by atoms with Crippen molar-refractivity contribution in [1.82, 2.24) is 9.96 Å². The molecular weight excluding hydrogens is 296 g/mol. The van der Waals surface area contributed by atoms with Crippen LogP contribution >= 0.6 is 0 Å². The summed E-state index contributed by atoms with van der Waals surface area (Å²) in [5.74, 6) is -3.01. The molecule has 0 aromatic rings. The predicted octanol–water partition coefficient (Wildman–Crippen LogP) is 1.29. The molecule has 2 aliphatic heterocycles. The van der Waals surface area contributed by atoms with E-state index in [0.717, 1.165) is 5.06 Å². The van der Waals surface area contributed by atoms with Crippen LogP contribution in [0.3, 0.4) is 0 Å². The Morgan fingerprint density at radius 3 is 2.24 bits per heavy atom. The predicted molar refractivity (Wildman–Crippen MR) is 62.5 cm³/mol. The lowest BCUT2D eigenvalue weighted by molar-refractivity contribution is -0.235. The molecule has 0 radical (unpaired) electrons. The minimum absolute atomic E-state index is 0.0593. The van der Waals surface area contributed by atoms with Crippen molar-refractivity contribution < 1.29 is 32.0 Å². The number of carbonyl (C=O) groups excluding carboxylic acids is 2. The number of alkyl halides is 4. The second-order valence-electron chi connectivity index (χ2n) is 5.25. The summed E-state index contributed by atoms with van der Waals surface area (Å²) < 4.78 is 49.2. The second-order valence-corrected chi connectivity index (χ2v) is 5.25. The van der Waals surface area contributed by atoms with Crippen LogP contribution in [0.4, 0.5) is 17.6 Å². The molecule has 0 N–H and O–H groups in total. The molecule has 2 heterocycles. The van der Waals surface area contributed by atoms with Gasteiger partial charge in [0.1, 0.15) is 6.17 Å². The van der Waals surface area contributed by atoms with Gasteiger partial charge in [-0.25, -0.2) is 9.18 Å². The van der Waals surface area contributed by atoms with Crippen LogP contribution in [0.25, 0.3) is 0 Å². The number of nitrogens with zero attached hydrogens (tertiary/aromatic N) is 2. The van der Waals surface area contributed by atoms with Crippen molar-refractivity contribution in [3.05, 3.63) is 0 Å². The zero-order valence-corrected chi connectivity index (χ0v) is 11.2. The fourth-order valence-corrected chi connectivity index (χ4v) is 2.51. The summed E-state index contributed by atoms with van der Waals surface area (Å²) in [6.45, 7) is 0.658. The number of amides is 1. The Hall–Kier alpha value is -1.38. The highest BCUT2D eigenvalue weighted by atomic mass is 19.4. The number of hydroxylamine groups is 2. The molecule has 2 rings (SSSR count). The summed E-state index contributed by atoms with van der Waals surface area (Å²) in [4.78, 5) is 28.6. The fraction of sp³-hybridized carbons (Fsp3) is 0.833. The molecule has 120 valence electrons. The zero-order chi connectivity index (χ0) is 15.6. The monoisotopic (exact) mass is 312 g/mol. The largest absolute Gasteiger partial charge is 0.492 e. The molecule has 0 aromatic heterocycles. The van der Waals surface area contributed by atoms with E-state index in [9.17, 15) is 27.2 Å². The van der Waals surface area contributed by atoms with Crippen LogP contribution < -0.4 is 0 Å². The third-order valence-corrected chi connectivity index (χ3v) is 3.68. The van der Waals surface area contributed by atoms with Gasteiger partial charge in [0.15, 0.2) is 0 Å². The number of carbonyl (C=O) groups is 2. The van der Waals surface area contributed by atoms with Crippen LogP contribution in [-0.2, 0) is 14.4 Å². The van der Waals surface area contributed by atoms with Crippen molar-refractivity contribution >= 4 is 11.9 Å². The second kappa shape index (κ2) is 6.17. The number of likely N-dealkylation sites (tertiary alicyclic amines) is 1. The van der Waals surface area contributed by atoms with Crippen LogP contribution in [0.5, 0.6) is 0 Å². The highest BCUT2D eigenvalue weighted by molar-refractivity contribution is 5.79.